The molecule has 0 aliphatic rings. The van der Waals surface area contributed by atoms with E-state index in [0.717, 1.165) is 12.1 Å². The summed E-state index contributed by atoms with van der Waals surface area (Å²) in [4.78, 5) is 33.4. The molecule has 0 unspecified atom stereocenters. The van der Waals surface area contributed by atoms with Crippen molar-refractivity contribution in [1.82, 2.24) is 0 Å². The number of amides is 1. The molecule has 0 atom stereocenters. The standard InChI is InChI=1S/C17H12Cl2N2O5/c18-12-3-1-2-11(8-12)4-7-17(23)26-10-16(22)20-15-6-5-13(21(24)25)9-14(15)19/h1-9H,10H2,(H,20,22)/b7-4+. The molecule has 0 fully saturated rings. The van der Waals surface area contributed by atoms with Crippen LogP contribution in [0.4, 0.5) is 11.4 Å². The van der Waals surface area contributed by atoms with Crippen molar-refractivity contribution in [3.8, 4) is 0 Å². The number of nitro benzene ring substituents is 1. The van der Waals surface area contributed by atoms with Gasteiger partial charge in [0.15, 0.2) is 6.61 Å². The maximum atomic E-state index is 11.8. The fraction of sp³-hybridized carbons (Fsp3) is 0.0588. The van der Waals surface area contributed by atoms with Crippen molar-refractivity contribution >= 4 is 52.5 Å². The summed E-state index contributed by atoms with van der Waals surface area (Å²) in [6.07, 6.45) is 2.66. The summed E-state index contributed by atoms with van der Waals surface area (Å²) < 4.78 is 4.81. The Kier molecular flexibility index (Phi) is 6.71. The predicted molar refractivity (Wildman–Crippen MR) is 98.2 cm³/mol. The first-order chi connectivity index (χ1) is 12.3. The van der Waals surface area contributed by atoms with Gasteiger partial charge >= 0.3 is 5.97 Å². The van der Waals surface area contributed by atoms with E-state index in [2.05, 4.69) is 5.32 Å². The van der Waals surface area contributed by atoms with Crippen molar-refractivity contribution in [1.29, 1.82) is 0 Å². The van der Waals surface area contributed by atoms with Gasteiger partial charge in [-0.05, 0) is 29.8 Å². The van der Waals surface area contributed by atoms with Crippen molar-refractivity contribution in [2.24, 2.45) is 0 Å². The number of benzene rings is 2. The van der Waals surface area contributed by atoms with E-state index in [4.69, 9.17) is 27.9 Å². The Morgan fingerprint density at radius 2 is 1.96 bits per heavy atom. The molecule has 134 valence electrons. The van der Waals surface area contributed by atoms with Gasteiger partial charge in [0.2, 0.25) is 0 Å². The number of hydrogen-bond acceptors (Lipinski definition) is 5. The summed E-state index contributed by atoms with van der Waals surface area (Å²) in [6.45, 7) is -0.536. The quantitative estimate of drug-likeness (QED) is 0.344. The molecule has 1 N–H and O–H groups in total. The van der Waals surface area contributed by atoms with Gasteiger partial charge in [0.25, 0.3) is 11.6 Å². The van der Waals surface area contributed by atoms with Crippen LogP contribution in [-0.4, -0.2) is 23.4 Å². The Balaban J connectivity index is 1.86. The number of non-ortho nitro benzene ring substituents is 1. The first kappa shape index (κ1) is 19.4. The molecule has 7 nitrogen and oxygen atoms in total. The summed E-state index contributed by atoms with van der Waals surface area (Å²) in [6, 6.07) is 10.4. The summed E-state index contributed by atoms with van der Waals surface area (Å²) in [5.41, 5.74) is 0.676. The van der Waals surface area contributed by atoms with Crippen molar-refractivity contribution in [2.45, 2.75) is 0 Å². The zero-order valence-electron chi connectivity index (χ0n) is 13.1. The molecule has 0 bridgehead atoms. The molecule has 0 heterocycles. The Morgan fingerprint density at radius 1 is 1.19 bits per heavy atom. The number of anilines is 1. The summed E-state index contributed by atoms with van der Waals surface area (Å²) in [5.74, 6) is -1.35. The number of halogens is 2. The van der Waals surface area contributed by atoms with Crippen LogP contribution in [0.2, 0.25) is 10.0 Å². The number of carbonyl (C=O) groups is 2. The molecule has 0 saturated heterocycles. The molecule has 0 aliphatic heterocycles. The number of nitro groups is 1. The van der Waals surface area contributed by atoms with E-state index < -0.39 is 23.4 Å². The lowest BCUT2D eigenvalue weighted by Gasteiger charge is -2.07. The molecule has 0 aromatic heterocycles. The molecule has 0 saturated carbocycles. The van der Waals surface area contributed by atoms with E-state index in [0.29, 0.717) is 10.6 Å². The molecule has 0 radical (unpaired) electrons. The molecule has 9 heteroatoms. The fourth-order valence-corrected chi connectivity index (χ4v) is 2.29. The lowest BCUT2D eigenvalue weighted by atomic mass is 10.2. The molecule has 2 rings (SSSR count). The number of rotatable bonds is 6. The van der Waals surface area contributed by atoms with Gasteiger partial charge in [-0.2, -0.15) is 0 Å². The van der Waals surface area contributed by atoms with E-state index in [1.807, 2.05) is 0 Å². The van der Waals surface area contributed by atoms with Crippen LogP contribution in [0, 0.1) is 10.1 Å². The zero-order valence-corrected chi connectivity index (χ0v) is 14.7. The van der Waals surface area contributed by atoms with Crippen molar-refractivity contribution in [3.05, 3.63) is 74.3 Å². The largest absolute Gasteiger partial charge is 0.452 e. The second-order valence-corrected chi connectivity index (χ2v) is 5.81. The number of hydrogen-bond donors (Lipinski definition) is 1. The zero-order chi connectivity index (χ0) is 19.1. The van der Waals surface area contributed by atoms with Crippen LogP contribution in [0.1, 0.15) is 5.56 Å². The minimum Gasteiger partial charge on any atom is -0.452 e. The monoisotopic (exact) mass is 394 g/mol. The Hall–Kier alpha value is -2.90. The van der Waals surface area contributed by atoms with E-state index in [-0.39, 0.29) is 16.4 Å². The van der Waals surface area contributed by atoms with Crippen LogP contribution < -0.4 is 5.32 Å². The van der Waals surface area contributed by atoms with Gasteiger partial charge in [-0.1, -0.05) is 35.3 Å². The Bertz CT molecular complexity index is 883. The van der Waals surface area contributed by atoms with Crippen LogP contribution in [-0.2, 0) is 14.3 Å². The minimum absolute atomic E-state index is 0.000251. The highest BCUT2D eigenvalue weighted by Crippen LogP contribution is 2.26. The highest BCUT2D eigenvalue weighted by atomic mass is 35.5. The van der Waals surface area contributed by atoms with Crippen LogP contribution >= 0.6 is 23.2 Å². The smallest absolute Gasteiger partial charge is 0.331 e. The first-order valence-corrected chi connectivity index (χ1v) is 7.95. The van der Waals surface area contributed by atoms with Crippen molar-refractivity contribution < 1.29 is 19.2 Å². The molecule has 2 aromatic carbocycles. The van der Waals surface area contributed by atoms with Gasteiger partial charge in [0.1, 0.15) is 0 Å². The van der Waals surface area contributed by atoms with Gasteiger partial charge in [-0.3, -0.25) is 14.9 Å². The van der Waals surface area contributed by atoms with Crippen LogP contribution in [0.25, 0.3) is 6.08 Å². The third kappa shape index (κ3) is 5.87. The molecular formula is C17H12Cl2N2O5. The molecule has 0 spiro atoms. The second kappa shape index (κ2) is 8.98. The average molecular weight is 395 g/mol. The SMILES string of the molecule is O=C(COC(=O)/C=C/c1cccc(Cl)c1)Nc1ccc([N+](=O)[O-])cc1Cl. The van der Waals surface area contributed by atoms with Gasteiger partial charge in [-0.15, -0.1) is 0 Å². The average Bonchev–Trinajstić information content (AvgIpc) is 2.60. The highest BCUT2D eigenvalue weighted by Gasteiger charge is 2.12. The third-order valence-electron chi connectivity index (χ3n) is 3.04. The maximum absolute atomic E-state index is 11.8. The molecule has 1 amide bonds. The number of ether oxygens (including phenoxy) is 1. The number of nitrogens with one attached hydrogen (secondary N) is 1. The number of carbonyl (C=O) groups excluding carboxylic acids is 2. The van der Waals surface area contributed by atoms with E-state index in [1.54, 1.807) is 24.3 Å². The van der Waals surface area contributed by atoms with Gasteiger partial charge < -0.3 is 10.1 Å². The highest BCUT2D eigenvalue weighted by molar-refractivity contribution is 6.34. The summed E-state index contributed by atoms with van der Waals surface area (Å²) in [7, 11) is 0. The first-order valence-electron chi connectivity index (χ1n) is 7.19. The van der Waals surface area contributed by atoms with Crippen LogP contribution in [0.5, 0.6) is 0 Å². The van der Waals surface area contributed by atoms with Crippen molar-refractivity contribution in [3.63, 3.8) is 0 Å². The normalized spacial score (nSPS) is 10.5. The van der Waals surface area contributed by atoms with Gasteiger partial charge in [0.05, 0.1) is 15.6 Å². The molecular weight excluding hydrogens is 383 g/mol. The predicted octanol–water partition coefficient (Wildman–Crippen LogP) is 4.10. The van der Waals surface area contributed by atoms with Crippen LogP contribution in [0.15, 0.2) is 48.5 Å². The van der Waals surface area contributed by atoms with Gasteiger partial charge in [-0.25, -0.2) is 4.79 Å². The maximum Gasteiger partial charge on any atom is 0.331 e. The van der Waals surface area contributed by atoms with Crippen molar-refractivity contribution in [2.75, 3.05) is 11.9 Å². The third-order valence-corrected chi connectivity index (χ3v) is 3.59. The molecule has 0 aliphatic carbocycles. The topological polar surface area (TPSA) is 98.5 Å². The summed E-state index contributed by atoms with van der Waals surface area (Å²) in [5, 5.41) is 13.6. The Morgan fingerprint density at radius 3 is 2.62 bits per heavy atom. The van der Waals surface area contributed by atoms with Gasteiger partial charge in [0, 0.05) is 23.2 Å². The fourth-order valence-electron chi connectivity index (χ4n) is 1.86. The molecule has 26 heavy (non-hydrogen) atoms. The number of esters is 1. The van der Waals surface area contributed by atoms with E-state index >= 15 is 0 Å². The minimum atomic E-state index is -0.713. The second-order valence-electron chi connectivity index (χ2n) is 4.97. The lowest BCUT2D eigenvalue weighted by molar-refractivity contribution is -0.384. The molecule has 2 aromatic rings. The summed E-state index contributed by atoms with van der Waals surface area (Å²) >= 11 is 11.7. The van der Waals surface area contributed by atoms with E-state index in [9.17, 15) is 19.7 Å². The Labute approximate surface area is 158 Å². The lowest BCUT2D eigenvalue weighted by Crippen LogP contribution is -2.20. The number of nitrogens with zero attached hydrogens (tertiary/aromatic N) is 1. The van der Waals surface area contributed by atoms with Crippen LogP contribution in [0.3, 0.4) is 0 Å². The van der Waals surface area contributed by atoms with E-state index in [1.165, 1.54) is 18.2 Å².